The molecule has 2 rings (SSSR count). The number of benzene rings is 1. The zero-order valence-electron chi connectivity index (χ0n) is 9.07. The van der Waals surface area contributed by atoms with Gasteiger partial charge in [-0.3, -0.25) is 5.10 Å². The second-order valence-corrected chi connectivity index (χ2v) is 5.15. The summed E-state index contributed by atoms with van der Waals surface area (Å²) in [5.41, 5.74) is -0.122. The van der Waals surface area contributed by atoms with Gasteiger partial charge in [0.15, 0.2) is 5.82 Å². The number of aromatic nitrogens is 3. The Morgan fingerprint density at radius 3 is 2.83 bits per heavy atom. The van der Waals surface area contributed by atoms with E-state index < -0.39 is 11.8 Å². The van der Waals surface area contributed by atoms with Crippen LogP contribution in [0.1, 0.15) is 16.2 Å². The Hall–Kier alpha value is -1.41. The smallest absolute Gasteiger partial charge is 0.336 e. The van der Waals surface area contributed by atoms with Crippen molar-refractivity contribution in [3.8, 4) is 0 Å². The van der Waals surface area contributed by atoms with E-state index in [0.29, 0.717) is 11.0 Å². The number of carboxylic acid groups (broad SMARTS) is 1. The number of aromatic carboxylic acids is 1. The second-order valence-electron chi connectivity index (χ2n) is 3.35. The highest BCUT2D eigenvalue weighted by Gasteiger charge is 2.17. The molecule has 2 N–H and O–H groups in total. The maximum Gasteiger partial charge on any atom is 0.336 e. The zero-order valence-corrected chi connectivity index (χ0v) is 11.5. The Labute approximate surface area is 114 Å². The molecule has 0 bridgehead atoms. The molecule has 0 fully saturated rings. The van der Waals surface area contributed by atoms with E-state index in [-0.39, 0.29) is 14.9 Å². The summed E-state index contributed by atoms with van der Waals surface area (Å²) in [6.07, 6.45) is 0. The van der Waals surface area contributed by atoms with Gasteiger partial charge in [-0.2, -0.15) is 0 Å². The molecule has 94 valence electrons. The van der Waals surface area contributed by atoms with Crippen molar-refractivity contribution in [2.24, 2.45) is 0 Å². The van der Waals surface area contributed by atoms with Crippen LogP contribution in [0.3, 0.4) is 0 Å². The average molecular weight is 332 g/mol. The molecule has 0 radical (unpaired) electrons. The number of carbonyl (C=O) groups is 1. The number of hydrogen-bond acceptors (Lipinski definition) is 4. The monoisotopic (exact) mass is 331 g/mol. The number of aromatic amines is 1. The van der Waals surface area contributed by atoms with Crippen molar-refractivity contribution in [2.45, 2.75) is 17.0 Å². The number of aryl methyl sites for hydroxylation is 1. The standard InChI is InChI=1S/C10H7BrFN3O2S/c1-4-13-10(15-14-4)18-6-3-2-5(9(16)17)7(11)8(6)12/h2-3H,1H3,(H,16,17)(H,13,14,15). The molecule has 1 aromatic carbocycles. The van der Waals surface area contributed by atoms with E-state index in [1.807, 2.05) is 0 Å². The van der Waals surface area contributed by atoms with Gasteiger partial charge in [-0.1, -0.05) is 0 Å². The average Bonchev–Trinajstić information content (AvgIpc) is 2.70. The first-order valence-corrected chi connectivity index (χ1v) is 6.38. The molecule has 0 amide bonds. The summed E-state index contributed by atoms with van der Waals surface area (Å²) in [4.78, 5) is 15.1. The van der Waals surface area contributed by atoms with Crippen LogP contribution in [0.2, 0.25) is 0 Å². The van der Waals surface area contributed by atoms with Crippen molar-refractivity contribution in [3.05, 3.63) is 33.8 Å². The fraction of sp³-hybridized carbons (Fsp3) is 0.100. The Morgan fingerprint density at radius 2 is 2.28 bits per heavy atom. The lowest BCUT2D eigenvalue weighted by molar-refractivity contribution is 0.0695. The third kappa shape index (κ3) is 2.54. The fourth-order valence-electron chi connectivity index (χ4n) is 1.24. The predicted molar refractivity (Wildman–Crippen MR) is 66.3 cm³/mol. The van der Waals surface area contributed by atoms with Crippen LogP contribution in [0.5, 0.6) is 0 Å². The van der Waals surface area contributed by atoms with Crippen molar-refractivity contribution in [3.63, 3.8) is 0 Å². The molecule has 1 aromatic heterocycles. The molecule has 0 aliphatic carbocycles. The minimum absolute atomic E-state index is 0.0766. The SMILES string of the molecule is Cc1nc(Sc2ccc(C(=O)O)c(Br)c2F)n[nH]1. The molecule has 5 nitrogen and oxygen atoms in total. The van der Waals surface area contributed by atoms with Crippen molar-refractivity contribution < 1.29 is 14.3 Å². The van der Waals surface area contributed by atoms with Gasteiger partial charge in [0.1, 0.15) is 5.82 Å². The highest BCUT2D eigenvalue weighted by atomic mass is 79.9. The summed E-state index contributed by atoms with van der Waals surface area (Å²) in [7, 11) is 0. The molecule has 1 heterocycles. The van der Waals surface area contributed by atoms with Crippen LogP contribution in [0.15, 0.2) is 26.7 Å². The maximum absolute atomic E-state index is 13.9. The van der Waals surface area contributed by atoms with Crippen LogP contribution in [0, 0.1) is 12.7 Å². The van der Waals surface area contributed by atoms with Gasteiger partial charge >= 0.3 is 5.97 Å². The van der Waals surface area contributed by atoms with Gasteiger partial charge in [-0.25, -0.2) is 14.2 Å². The van der Waals surface area contributed by atoms with E-state index in [1.54, 1.807) is 6.92 Å². The first-order valence-electron chi connectivity index (χ1n) is 4.77. The molecule has 0 unspecified atom stereocenters. The highest BCUT2D eigenvalue weighted by molar-refractivity contribution is 9.10. The van der Waals surface area contributed by atoms with Crippen molar-refractivity contribution in [1.82, 2.24) is 15.2 Å². The summed E-state index contributed by atoms with van der Waals surface area (Å²) in [5, 5.41) is 15.7. The van der Waals surface area contributed by atoms with E-state index in [9.17, 15) is 9.18 Å². The van der Waals surface area contributed by atoms with Gasteiger partial charge < -0.3 is 5.11 Å². The first-order chi connectivity index (χ1) is 8.49. The number of halogens is 2. The Bertz CT molecular complexity index is 617. The third-order valence-corrected chi connectivity index (χ3v) is 3.73. The van der Waals surface area contributed by atoms with Gasteiger partial charge in [0.2, 0.25) is 5.16 Å². The molecule has 0 spiro atoms. The van der Waals surface area contributed by atoms with Crippen LogP contribution in [0.25, 0.3) is 0 Å². The number of rotatable bonds is 3. The van der Waals surface area contributed by atoms with Crippen molar-refractivity contribution in [1.29, 1.82) is 0 Å². The van der Waals surface area contributed by atoms with Crippen LogP contribution in [-0.4, -0.2) is 26.3 Å². The maximum atomic E-state index is 13.9. The number of H-pyrrole nitrogens is 1. The Balaban J connectivity index is 2.35. The van der Waals surface area contributed by atoms with E-state index in [0.717, 1.165) is 11.8 Å². The summed E-state index contributed by atoms with van der Waals surface area (Å²) in [6.45, 7) is 1.73. The summed E-state index contributed by atoms with van der Waals surface area (Å²) < 4.78 is 13.8. The topological polar surface area (TPSA) is 78.9 Å². The number of hydrogen-bond donors (Lipinski definition) is 2. The third-order valence-electron chi connectivity index (χ3n) is 2.06. The van der Waals surface area contributed by atoms with Crippen molar-refractivity contribution in [2.75, 3.05) is 0 Å². The van der Waals surface area contributed by atoms with E-state index in [4.69, 9.17) is 5.11 Å². The largest absolute Gasteiger partial charge is 0.478 e. The molecule has 0 saturated heterocycles. The lowest BCUT2D eigenvalue weighted by Gasteiger charge is -2.04. The fourth-order valence-corrected chi connectivity index (χ4v) is 2.69. The lowest BCUT2D eigenvalue weighted by atomic mass is 10.2. The minimum atomic E-state index is -1.19. The van der Waals surface area contributed by atoms with Gasteiger partial charge in [0.05, 0.1) is 14.9 Å². The van der Waals surface area contributed by atoms with Gasteiger partial charge in [0, 0.05) is 0 Å². The molecule has 8 heteroatoms. The highest BCUT2D eigenvalue weighted by Crippen LogP contribution is 2.32. The molecule has 18 heavy (non-hydrogen) atoms. The normalized spacial score (nSPS) is 10.6. The number of carboxylic acids is 1. The number of nitrogens with one attached hydrogen (secondary N) is 1. The molecule has 0 atom stereocenters. The Kier molecular flexibility index (Phi) is 3.67. The van der Waals surface area contributed by atoms with Crippen molar-refractivity contribution >= 4 is 33.7 Å². The molecule has 2 aromatic rings. The van der Waals surface area contributed by atoms with E-state index in [1.165, 1.54) is 12.1 Å². The van der Waals surface area contributed by atoms with Gasteiger partial charge in [-0.05, 0) is 46.7 Å². The van der Waals surface area contributed by atoms with E-state index >= 15 is 0 Å². The minimum Gasteiger partial charge on any atom is -0.478 e. The molecule has 0 saturated carbocycles. The summed E-state index contributed by atoms with van der Waals surface area (Å²) in [5.74, 6) is -1.20. The van der Waals surface area contributed by atoms with Gasteiger partial charge in [0.25, 0.3) is 0 Å². The molecule has 0 aliphatic rings. The zero-order chi connectivity index (χ0) is 13.3. The second kappa shape index (κ2) is 5.07. The van der Waals surface area contributed by atoms with Crippen LogP contribution in [0.4, 0.5) is 4.39 Å². The summed E-state index contributed by atoms with van der Waals surface area (Å²) >= 11 is 3.95. The quantitative estimate of drug-likeness (QED) is 0.904. The predicted octanol–water partition coefficient (Wildman–Crippen LogP) is 2.86. The van der Waals surface area contributed by atoms with E-state index in [2.05, 4.69) is 31.1 Å². The van der Waals surface area contributed by atoms with Crippen LogP contribution in [-0.2, 0) is 0 Å². The summed E-state index contributed by atoms with van der Waals surface area (Å²) in [6, 6.07) is 2.72. The van der Waals surface area contributed by atoms with Crippen LogP contribution >= 0.6 is 27.7 Å². The van der Waals surface area contributed by atoms with Crippen LogP contribution < -0.4 is 0 Å². The molecular weight excluding hydrogens is 325 g/mol. The molecular formula is C10H7BrFN3O2S. The first kappa shape index (κ1) is 13.0. The Morgan fingerprint density at radius 1 is 1.56 bits per heavy atom. The number of nitrogens with zero attached hydrogens (tertiary/aromatic N) is 2. The lowest BCUT2D eigenvalue weighted by Crippen LogP contribution is -2.00. The molecule has 0 aliphatic heterocycles. The van der Waals surface area contributed by atoms with Gasteiger partial charge in [-0.15, -0.1) is 5.10 Å².